The number of carbonyl (C=O) groups is 1. The number of hydrogen-bond acceptors (Lipinski definition) is 4. The number of nitrogens with zero attached hydrogens (tertiary/aromatic N) is 1. The summed E-state index contributed by atoms with van der Waals surface area (Å²) in [5.74, 6) is 0.701. The Morgan fingerprint density at radius 1 is 1.53 bits per heavy atom. The van der Waals surface area contributed by atoms with Crippen LogP contribution >= 0.6 is 11.8 Å². The third-order valence-corrected chi connectivity index (χ3v) is 3.78. The van der Waals surface area contributed by atoms with Crippen molar-refractivity contribution in [1.82, 2.24) is 4.90 Å². The molecular weight excluding hydrogens is 238 g/mol. The zero-order valence-corrected chi connectivity index (χ0v) is 11.5. The molecule has 0 radical (unpaired) electrons. The van der Waals surface area contributed by atoms with Crippen molar-refractivity contribution in [2.45, 2.75) is 25.9 Å². The predicted molar refractivity (Wildman–Crippen MR) is 69.7 cm³/mol. The summed E-state index contributed by atoms with van der Waals surface area (Å²) in [6, 6.07) is 3.72. The van der Waals surface area contributed by atoms with Gasteiger partial charge in [0.2, 0.25) is 5.76 Å². The predicted octanol–water partition coefficient (Wildman–Crippen LogP) is 2.72. The molecule has 4 nitrogen and oxygen atoms in total. The molecule has 0 aliphatic carbocycles. The molecule has 0 aromatic carbocycles. The maximum atomic E-state index is 10.7. The van der Waals surface area contributed by atoms with Gasteiger partial charge in [0.1, 0.15) is 5.76 Å². The smallest absolute Gasteiger partial charge is 0.371 e. The van der Waals surface area contributed by atoms with E-state index in [9.17, 15) is 4.79 Å². The number of aromatic carboxylic acids is 1. The molecule has 0 bridgehead atoms. The molecule has 0 saturated heterocycles. The minimum atomic E-state index is -1.02. The number of thioether (sulfide) groups is 1. The minimum absolute atomic E-state index is 0.00207. The van der Waals surface area contributed by atoms with Gasteiger partial charge >= 0.3 is 5.97 Å². The molecular formula is C12H19NO3S. The van der Waals surface area contributed by atoms with Crippen molar-refractivity contribution in [3.8, 4) is 0 Å². The van der Waals surface area contributed by atoms with Gasteiger partial charge in [-0.1, -0.05) is 0 Å². The van der Waals surface area contributed by atoms with Gasteiger partial charge in [0.15, 0.2) is 0 Å². The summed E-state index contributed by atoms with van der Waals surface area (Å²) < 4.78 is 5.31. The van der Waals surface area contributed by atoms with Crippen LogP contribution in [-0.4, -0.2) is 41.1 Å². The van der Waals surface area contributed by atoms with E-state index in [1.165, 1.54) is 6.07 Å². The fourth-order valence-corrected chi connectivity index (χ4v) is 2.35. The zero-order valence-electron chi connectivity index (χ0n) is 10.6. The van der Waals surface area contributed by atoms with E-state index in [2.05, 4.69) is 18.1 Å². The number of furan rings is 1. The van der Waals surface area contributed by atoms with Crippen LogP contribution in [0, 0.1) is 0 Å². The van der Waals surface area contributed by atoms with Crippen molar-refractivity contribution in [1.29, 1.82) is 0 Å². The second kappa shape index (κ2) is 6.12. The Kier molecular flexibility index (Phi) is 5.08. The van der Waals surface area contributed by atoms with E-state index < -0.39 is 5.97 Å². The van der Waals surface area contributed by atoms with Crippen LogP contribution in [-0.2, 0) is 0 Å². The van der Waals surface area contributed by atoms with Gasteiger partial charge in [-0.2, -0.15) is 11.8 Å². The van der Waals surface area contributed by atoms with Gasteiger partial charge in [0.25, 0.3) is 0 Å². The maximum absolute atomic E-state index is 10.7. The molecule has 1 rings (SSSR count). The average molecular weight is 257 g/mol. The Morgan fingerprint density at radius 2 is 2.18 bits per heavy atom. The standard InChI is InChI=1S/C12H19NO3S/c1-8(7-17-4)13(3)9(2)10-5-6-11(16-10)12(14)15/h5-6,8-9H,7H2,1-4H3,(H,14,15). The molecule has 1 heterocycles. The number of carboxylic acid groups (broad SMARTS) is 1. The van der Waals surface area contributed by atoms with E-state index >= 15 is 0 Å². The Bertz CT molecular complexity index is 378. The molecule has 1 aromatic rings. The topological polar surface area (TPSA) is 53.7 Å². The largest absolute Gasteiger partial charge is 0.475 e. The molecule has 2 unspecified atom stereocenters. The number of hydrogen-bond donors (Lipinski definition) is 1. The summed E-state index contributed by atoms with van der Waals surface area (Å²) in [6.07, 6.45) is 2.07. The second-order valence-electron chi connectivity index (χ2n) is 4.15. The van der Waals surface area contributed by atoms with Crippen LogP contribution < -0.4 is 0 Å². The van der Waals surface area contributed by atoms with Gasteiger partial charge in [-0.3, -0.25) is 4.90 Å². The molecule has 1 aromatic heterocycles. The van der Waals surface area contributed by atoms with Crippen LogP contribution in [0.3, 0.4) is 0 Å². The third-order valence-electron chi connectivity index (χ3n) is 2.96. The molecule has 0 fully saturated rings. The van der Waals surface area contributed by atoms with Gasteiger partial charge < -0.3 is 9.52 Å². The molecule has 0 spiro atoms. The lowest BCUT2D eigenvalue weighted by molar-refractivity contribution is 0.0656. The van der Waals surface area contributed by atoms with E-state index in [-0.39, 0.29) is 11.8 Å². The van der Waals surface area contributed by atoms with Gasteiger partial charge in [0.05, 0.1) is 6.04 Å². The summed E-state index contributed by atoms with van der Waals surface area (Å²) in [7, 11) is 2.02. The van der Waals surface area contributed by atoms with E-state index in [1.54, 1.807) is 17.8 Å². The van der Waals surface area contributed by atoms with Crippen molar-refractivity contribution in [2.24, 2.45) is 0 Å². The van der Waals surface area contributed by atoms with Crippen LogP contribution in [0.2, 0.25) is 0 Å². The first-order valence-corrected chi connectivity index (χ1v) is 6.90. The van der Waals surface area contributed by atoms with Gasteiger partial charge in [-0.25, -0.2) is 4.79 Å². The normalized spacial score (nSPS) is 14.9. The highest BCUT2D eigenvalue weighted by molar-refractivity contribution is 7.98. The van der Waals surface area contributed by atoms with Crippen LogP contribution in [0.4, 0.5) is 0 Å². The van der Waals surface area contributed by atoms with E-state index in [1.807, 2.05) is 14.0 Å². The Hall–Kier alpha value is -0.940. The van der Waals surface area contributed by atoms with Crippen LogP contribution in [0.15, 0.2) is 16.5 Å². The van der Waals surface area contributed by atoms with Crippen molar-refractivity contribution in [2.75, 3.05) is 19.1 Å². The number of carboxylic acids is 1. The highest BCUT2D eigenvalue weighted by Crippen LogP contribution is 2.23. The molecule has 96 valence electrons. The van der Waals surface area contributed by atoms with Crippen molar-refractivity contribution in [3.05, 3.63) is 23.7 Å². The lowest BCUT2D eigenvalue weighted by Crippen LogP contribution is -2.33. The summed E-state index contributed by atoms with van der Waals surface area (Å²) in [5.41, 5.74) is 0. The number of rotatable bonds is 6. The molecule has 17 heavy (non-hydrogen) atoms. The quantitative estimate of drug-likeness (QED) is 0.849. The zero-order chi connectivity index (χ0) is 13.0. The van der Waals surface area contributed by atoms with Crippen molar-refractivity contribution >= 4 is 17.7 Å². The monoisotopic (exact) mass is 257 g/mol. The molecule has 0 aliphatic rings. The van der Waals surface area contributed by atoms with Gasteiger partial charge in [0, 0.05) is 11.8 Å². The van der Waals surface area contributed by atoms with Crippen LogP contribution in [0.1, 0.15) is 36.2 Å². The summed E-state index contributed by atoms with van der Waals surface area (Å²) in [5, 5.41) is 8.80. The Balaban J connectivity index is 2.73. The summed E-state index contributed by atoms with van der Waals surface area (Å²) >= 11 is 1.79. The molecule has 2 atom stereocenters. The highest BCUT2D eigenvalue weighted by Gasteiger charge is 2.21. The molecule has 1 N–H and O–H groups in total. The molecule has 0 saturated carbocycles. The first-order chi connectivity index (χ1) is 7.97. The summed E-state index contributed by atoms with van der Waals surface area (Å²) in [4.78, 5) is 12.9. The maximum Gasteiger partial charge on any atom is 0.371 e. The average Bonchev–Trinajstić information content (AvgIpc) is 2.76. The minimum Gasteiger partial charge on any atom is -0.475 e. The first kappa shape index (κ1) is 14.1. The third kappa shape index (κ3) is 3.51. The lowest BCUT2D eigenvalue weighted by atomic mass is 10.2. The molecule has 5 heteroatoms. The molecule has 0 amide bonds. The van der Waals surface area contributed by atoms with Crippen molar-refractivity contribution in [3.63, 3.8) is 0 Å². The van der Waals surface area contributed by atoms with E-state index in [4.69, 9.17) is 9.52 Å². The summed E-state index contributed by atoms with van der Waals surface area (Å²) in [6.45, 7) is 4.16. The van der Waals surface area contributed by atoms with Crippen LogP contribution in [0.5, 0.6) is 0 Å². The molecule has 0 aliphatic heterocycles. The lowest BCUT2D eigenvalue weighted by Gasteiger charge is -2.29. The van der Waals surface area contributed by atoms with E-state index in [0.29, 0.717) is 11.8 Å². The Labute approximate surface area is 106 Å². The fourth-order valence-electron chi connectivity index (χ4n) is 1.63. The van der Waals surface area contributed by atoms with E-state index in [0.717, 1.165) is 5.75 Å². The van der Waals surface area contributed by atoms with Gasteiger partial charge in [-0.05, 0) is 39.3 Å². The van der Waals surface area contributed by atoms with Crippen molar-refractivity contribution < 1.29 is 14.3 Å². The second-order valence-corrected chi connectivity index (χ2v) is 5.06. The van der Waals surface area contributed by atoms with Crippen LogP contribution in [0.25, 0.3) is 0 Å². The first-order valence-electron chi connectivity index (χ1n) is 5.51. The Morgan fingerprint density at radius 3 is 2.65 bits per heavy atom. The van der Waals surface area contributed by atoms with Gasteiger partial charge in [-0.15, -0.1) is 0 Å². The highest BCUT2D eigenvalue weighted by atomic mass is 32.2. The SMILES string of the molecule is CSCC(C)N(C)C(C)c1ccc(C(=O)O)o1. The fraction of sp³-hybridized carbons (Fsp3) is 0.583.